The van der Waals surface area contributed by atoms with Gasteiger partial charge < -0.3 is 10.2 Å². The fraction of sp³-hybridized carbons (Fsp3) is 0.385. The highest BCUT2D eigenvalue weighted by atomic mass is 16.4. The summed E-state index contributed by atoms with van der Waals surface area (Å²) in [7, 11) is 0. The first kappa shape index (κ1) is 10.3. The van der Waals surface area contributed by atoms with E-state index in [9.17, 15) is 9.59 Å². The Morgan fingerprint density at radius 1 is 0.941 bits per heavy atom. The van der Waals surface area contributed by atoms with Gasteiger partial charge in [-0.05, 0) is 17.5 Å². The van der Waals surface area contributed by atoms with Crippen LogP contribution in [0.15, 0.2) is 24.3 Å². The van der Waals surface area contributed by atoms with E-state index in [1.54, 1.807) is 0 Å². The molecule has 17 heavy (non-hydrogen) atoms. The Kier molecular flexibility index (Phi) is 2.02. The van der Waals surface area contributed by atoms with Crippen molar-refractivity contribution in [3.63, 3.8) is 0 Å². The van der Waals surface area contributed by atoms with Crippen molar-refractivity contribution < 1.29 is 19.8 Å². The second-order valence-corrected chi connectivity index (χ2v) is 4.81. The van der Waals surface area contributed by atoms with Gasteiger partial charge in [0, 0.05) is 11.8 Å². The summed E-state index contributed by atoms with van der Waals surface area (Å²) in [5.74, 6) is -3.06. The van der Waals surface area contributed by atoms with Gasteiger partial charge in [-0.25, -0.2) is 0 Å². The highest BCUT2D eigenvalue weighted by Gasteiger charge is 2.56. The first-order valence-electron chi connectivity index (χ1n) is 5.65. The molecule has 0 aromatic heterocycles. The number of fused-ring (bicyclic) bond motifs is 4. The molecular weight excluding hydrogens is 220 g/mol. The van der Waals surface area contributed by atoms with Gasteiger partial charge in [-0.2, -0.15) is 0 Å². The van der Waals surface area contributed by atoms with Crippen molar-refractivity contribution in [1.82, 2.24) is 0 Å². The fourth-order valence-electron chi connectivity index (χ4n) is 3.42. The predicted molar refractivity (Wildman–Crippen MR) is 58.8 cm³/mol. The normalized spacial score (nSPS) is 33.4. The number of benzene rings is 1. The van der Waals surface area contributed by atoms with E-state index in [2.05, 4.69) is 0 Å². The zero-order chi connectivity index (χ0) is 12.2. The van der Waals surface area contributed by atoms with Gasteiger partial charge in [-0.15, -0.1) is 0 Å². The molecule has 1 aromatic carbocycles. The summed E-state index contributed by atoms with van der Waals surface area (Å²) < 4.78 is 0. The summed E-state index contributed by atoms with van der Waals surface area (Å²) in [6.45, 7) is 0. The molecule has 4 atom stereocenters. The third kappa shape index (κ3) is 1.24. The summed E-state index contributed by atoms with van der Waals surface area (Å²) in [6, 6.07) is 7.58. The molecule has 0 spiro atoms. The van der Waals surface area contributed by atoms with E-state index >= 15 is 0 Å². The summed E-state index contributed by atoms with van der Waals surface area (Å²) in [4.78, 5) is 22.4. The molecule has 3 rings (SSSR count). The second-order valence-electron chi connectivity index (χ2n) is 4.81. The van der Waals surface area contributed by atoms with Crippen molar-refractivity contribution in [3.05, 3.63) is 35.4 Å². The number of carboxylic acids is 2. The molecule has 4 nitrogen and oxygen atoms in total. The lowest BCUT2D eigenvalue weighted by atomic mass is 9.65. The highest BCUT2D eigenvalue weighted by Crippen LogP contribution is 2.61. The highest BCUT2D eigenvalue weighted by molar-refractivity contribution is 5.80. The Morgan fingerprint density at radius 3 is 1.71 bits per heavy atom. The number of hydrogen-bond acceptors (Lipinski definition) is 2. The van der Waals surface area contributed by atoms with Crippen LogP contribution in [0.1, 0.15) is 29.4 Å². The lowest BCUT2D eigenvalue weighted by Gasteiger charge is -2.37. The predicted octanol–water partition coefficient (Wildman–Crippen LogP) is 1.67. The first-order valence-corrected chi connectivity index (χ1v) is 5.65. The molecule has 1 fully saturated rings. The van der Waals surface area contributed by atoms with Crippen molar-refractivity contribution in [2.45, 2.75) is 18.3 Å². The largest absolute Gasteiger partial charge is 0.481 e. The molecule has 1 aromatic rings. The zero-order valence-electron chi connectivity index (χ0n) is 9.04. The van der Waals surface area contributed by atoms with Gasteiger partial charge >= 0.3 is 11.9 Å². The van der Waals surface area contributed by atoms with Crippen molar-refractivity contribution in [2.75, 3.05) is 0 Å². The second kappa shape index (κ2) is 3.32. The SMILES string of the molecule is O=C(O)[C@H]1C[C@@H](C(=O)O)[C@H]2c3ccccc3[C@H]21. The molecule has 2 aliphatic carbocycles. The van der Waals surface area contributed by atoms with Crippen molar-refractivity contribution in [3.8, 4) is 0 Å². The Balaban J connectivity index is 2.05. The summed E-state index contributed by atoms with van der Waals surface area (Å²) in [6.07, 6.45) is 0.245. The Hall–Kier alpha value is -1.84. The summed E-state index contributed by atoms with van der Waals surface area (Å²) >= 11 is 0. The van der Waals surface area contributed by atoms with Crippen molar-refractivity contribution in [1.29, 1.82) is 0 Å². The molecule has 2 N–H and O–H groups in total. The number of carbonyl (C=O) groups is 2. The lowest BCUT2D eigenvalue weighted by molar-refractivity contribution is -0.143. The smallest absolute Gasteiger partial charge is 0.307 e. The molecule has 0 amide bonds. The quantitative estimate of drug-likeness (QED) is 0.813. The molecule has 1 saturated carbocycles. The van der Waals surface area contributed by atoms with E-state index in [1.807, 2.05) is 24.3 Å². The van der Waals surface area contributed by atoms with Crippen molar-refractivity contribution >= 4 is 11.9 Å². The van der Waals surface area contributed by atoms with Gasteiger partial charge in [0.1, 0.15) is 0 Å². The third-order valence-electron chi connectivity index (χ3n) is 4.11. The Labute approximate surface area is 97.9 Å². The van der Waals surface area contributed by atoms with Crippen LogP contribution < -0.4 is 0 Å². The van der Waals surface area contributed by atoms with E-state index < -0.39 is 23.8 Å². The van der Waals surface area contributed by atoms with Crippen LogP contribution in [0.5, 0.6) is 0 Å². The standard InChI is InChI=1S/C13H12O4/c14-12(15)8-5-9(13(16)17)11-7-4-2-1-3-6(7)10(8)11/h1-4,8-11H,5H2,(H,14,15)(H,16,17)/t8-,9+,10-,11+. The number of rotatable bonds is 2. The lowest BCUT2D eigenvalue weighted by Crippen LogP contribution is -2.30. The minimum Gasteiger partial charge on any atom is -0.481 e. The summed E-state index contributed by atoms with van der Waals surface area (Å²) in [5, 5.41) is 18.3. The molecule has 0 bridgehead atoms. The van der Waals surface area contributed by atoms with Gasteiger partial charge in [0.25, 0.3) is 0 Å². The average molecular weight is 232 g/mol. The molecule has 88 valence electrons. The van der Waals surface area contributed by atoms with Crippen LogP contribution in [0.2, 0.25) is 0 Å². The van der Waals surface area contributed by atoms with Crippen LogP contribution in [0, 0.1) is 11.8 Å². The molecule has 0 saturated heterocycles. The van der Waals surface area contributed by atoms with E-state index in [1.165, 1.54) is 0 Å². The maximum atomic E-state index is 11.2. The van der Waals surface area contributed by atoms with Crippen LogP contribution >= 0.6 is 0 Å². The topological polar surface area (TPSA) is 74.6 Å². The third-order valence-corrected chi connectivity index (χ3v) is 4.11. The zero-order valence-corrected chi connectivity index (χ0v) is 9.04. The van der Waals surface area contributed by atoms with Gasteiger partial charge in [-0.3, -0.25) is 9.59 Å². The van der Waals surface area contributed by atoms with Crippen LogP contribution in [-0.2, 0) is 9.59 Å². The minimum atomic E-state index is -0.877. The van der Waals surface area contributed by atoms with Gasteiger partial charge in [0.15, 0.2) is 0 Å². The number of carboxylic acid groups (broad SMARTS) is 2. The fourth-order valence-corrected chi connectivity index (χ4v) is 3.42. The molecule has 0 unspecified atom stereocenters. The van der Waals surface area contributed by atoms with E-state index in [0.717, 1.165) is 11.1 Å². The van der Waals surface area contributed by atoms with Gasteiger partial charge in [0.2, 0.25) is 0 Å². The molecular formula is C13H12O4. The van der Waals surface area contributed by atoms with Crippen LogP contribution in [-0.4, -0.2) is 22.2 Å². The number of aliphatic carboxylic acids is 2. The van der Waals surface area contributed by atoms with Crippen molar-refractivity contribution in [2.24, 2.45) is 11.8 Å². The van der Waals surface area contributed by atoms with Gasteiger partial charge in [-0.1, -0.05) is 24.3 Å². The monoisotopic (exact) mass is 232 g/mol. The van der Waals surface area contributed by atoms with Crippen LogP contribution in [0.4, 0.5) is 0 Å². The van der Waals surface area contributed by atoms with E-state index in [4.69, 9.17) is 10.2 Å². The molecule has 0 radical (unpaired) electrons. The van der Waals surface area contributed by atoms with E-state index in [-0.39, 0.29) is 18.3 Å². The van der Waals surface area contributed by atoms with Crippen LogP contribution in [0.25, 0.3) is 0 Å². The van der Waals surface area contributed by atoms with Crippen LogP contribution in [0.3, 0.4) is 0 Å². The molecule has 2 aliphatic rings. The molecule has 4 heteroatoms. The van der Waals surface area contributed by atoms with E-state index in [0.29, 0.717) is 0 Å². The first-order chi connectivity index (χ1) is 8.11. The maximum Gasteiger partial charge on any atom is 0.307 e. The molecule has 0 aliphatic heterocycles. The number of hydrogen-bond donors (Lipinski definition) is 2. The van der Waals surface area contributed by atoms with Gasteiger partial charge in [0.05, 0.1) is 11.8 Å². The minimum absolute atomic E-state index is 0.107. The Bertz CT molecular complexity index is 463. The average Bonchev–Trinajstić information content (AvgIpc) is 2.61. The molecule has 0 heterocycles. The summed E-state index contributed by atoms with van der Waals surface area (Å²) in [5.41, 5.74) is 2.04. The Morgan fingerprint density at radius 2 is 1.35 bits per heavy atom. The maximum absolute atomic E-state index is 11.2.